The lowest BCUT2D eigenvalue weighted by atomic mass is 10.1. The Morgan fingerprint density at radius 3 is 2.59 bits per heavy atom. The number of anilines is 1. The van der Waals surface area contributed by atoms with Crippen molar-refractivity contribution >= 4 is 27.5 Å². The summed E-state index contributed by atoms with van der Waals surface area (Å²) in [5, 5.41) is 15.8. The first kappa shape index (κ1) is 15.9. The summed E-state index contributed by atoms with van der Waals surface area (Å²) in [6.45, 7) is 3.11. The molecule has 0 radical (unpaired) electrons. The number of aryl methyl sites for hydroxylation is 1. The maximum absolute atomic E-state index is 12.1. The van der Waals surface area contributed by atoms with E-state index >= 15 is 0 Å². The Morgan fingerprint density at radius 1 is 1.36 bits per heavy atom. The monoisotopic (exact) mass is 360 g/mol. The number of benzene rings is 1. The van der Waals surface area contributed by atoms with Crippen molar-refractivity contribution in [3.63, 3.8) is 0 Å². The number of aromatic nitrogens is 2. The van der Waals surface area contributed by atoms with E-state index in [0.717, 1.165) is 9.15 Å². The third kappa shape index (κ3) is 3.40. The van der Waals surface area contributed by atoms with Crippen LogP contribution in [0.25, 0.3) is 0 Å². The SMILES string of the molecule is Cc1nn(CC(=O)Nc2ccc(Br)cc2)c(=O)c(C#N)c1C. The molecule has 2 rings (SSSR count). The quantitative estimate of drug-likeness (QED) is 0.907. The van der Waals surface area contributed by atoms with E-state index in [1.165, 1.54) is 0 Å². The van der Waals surface area contributed by atoms with Crippen molar-refractivity contribution in [1.82, 2.24) is 9.78 Å². The number of nitrogens with zero attached hydrogens (tertiary/aromatic N) is 3. The van der Waals surface area contributed by atoms with E-state index in [4.69, 9.17) is 5.26 Å². The summed E-state index contributed by atoms with van der Waals surface area (Å²) in [6, 6.07) is 8.93. The highest BCUT2D eigenvalue weighted by molar-refractivity contribution is 9.10. The number of amides is 1. The van der Waals surface area contributed by atoms with E-state index in [1.807, 2.05) is 6.07 Å². The standard InChI is InChI=1S/C15H13BrN4O2/c1-9-10(2)19-20(15(22)13(9)7-17)8-14(21)18-12-5-3-11(16)4-6-12/h3-6H,8H2,1-2H3,(H,18,21). The molecular formula is C15H13BrN4O2. The van der Waals surface area contributed by atoms with Gasteiger partial charge in [-0.3, -0.25) is 9.59 Å². The molecule has 1 N–H and O–H groups in total. The van der Waals surface area contributed by atoms with Gasteiger partial charge in [0.2, 0.25) is 5.91 Å². The number of nitrogens with one attached hydrogen (secondary N) is 1. The minimum atomic E-state index is -0.559. The fraction of sp³-hybridized carbons (Fsp3) is 0.200. The molecule has 112 valence electrons. The fourth-order valence-electron chi connectivity index (χ4n) is 1.88. The maximum Gasteiger partial charge on any atom is 0.285 e. The van der Waals surface area contributed by atoms with Crippen LogP contribution in [0.3, 0.4) is 0 Å². The zero-order valence-corrected chi connectivity index (χ0v) is 13.6. The van der Waals surface area contributed by atoms with E-state index in [2.05, 4.69) is 26.3 Å². The first-order valence-electron chi connectivity index (χ1n) is 6.46. The van der Waals surface area contributed by atoms with Crippen molar-refractivity contribution < 1.29 is 4.79 Å². The Bertz CT molecular complexity index is 819. The summed E-state index contributed by atoms with van der Waals surface area (Å²) < 4.78 is 1.91. The second-order valence-corrected chi connectivity index (χ2v) is 5.63. The molecule has 0 atom stereocenters. The first-order valence-corrected chi connectivity index (χ1v) is 7.25. The van der Waals surface area contributed by atoms with E-state index in [-0.39, 0.29) is 18.0 Å². The van der Waals surface area contributed by atoms with Crippen molar-refractivity contribution in [3.05, 3.63) is 55.9 Å². The van der Waals surface area contributed by atoms with E-state index in [0.29, 0.717) is 16.9 Å². The van der Waals surface area contributed by atoms with Crippen molar-refractivity contribution in [1.29, 1.82) is 5.26 Å². The van der Waals surface area contributed by atoms with Crippen molar-refractivity contribution in [2.24, 2.45) is 0 Å². The van der Waals surface area contributed by atoms with Crippen LogP contribution in [0.1, 0.15) is 16.8 Å². The Balaban J connectivity index is 2.22. The number of nitriles is 1. The summed E-state index contributed by atoms with van der Waals surface area (Å²) in [7, 11) is 0. The molecule has 0 aliphatic rings. The minimum Gasteiger partial charge on any atom is -0.324 e. The number of halogens is 1. The smallest absolute Gasteiger partial charge is 0.285 e. The highest BCUT2D eigenvalue weighted by Gasteiger charge is 2.13. The van der Waals surface area contributed by atoms with E-state index < -0.39 is 5.56 Å². The van der Waals surface area contributed by atoms with Crippen molar-refractivity contribution in [3.8, 4) is 6.07 Å². The average Bonchev–Trinajstić information content (AvgIpc) is 2.48. The molecule has 2 aromatic rings. The van der Waals surface area contributed by atoms with Gasteiger partial charge in [-0.1, -0.05) is 15.9 Å². The van der Waals surface area contributed by atoms with Crippen LogP contribution in [-0.2, 0) is 11.3 Å². The van der Waals surface area contributed by atoms with Gasteiger partial charge in [0.05, 0.1) is 5.69 Å². The van der Waals surface area contributed by atoms with Crippen LogP contribution < -0.4 is 10.9 Å². The molecule has 0 aliphatic heterocycles. The largest absolute Gasteiger partial charge is 0.324 e. The molecule has 1 aromatic heterocycles. The summed E-state index contributed by atoms with van der Waals surface area (Å²) in [5.74, 6) is -0.385. The highest BCUT2D eigenvalue weighted by atomic mass is 79.9. The van der Waals surface area contributed by atoms with Gasteiger partial charge in [0.1, 0.15) is 18.2 Å². The number of rotatable bonds is 3. The molecule has 22 heavy (non-hydrogen) atoms. The van der Waals surface area contributed by atoms with Gasteiger partial charge in [-0.05, 0) is 43.7 Å². The lowest BCUT2D eigenvalue weighted by Gasteiger charge is -2.09. The summed E-state index contributed by atoms with van der Waals surface area (Å²) in [4.78, 5) is 24.1. The molecule has 0 spiro atoms. The van der Waals surface area contributed by atoms with Gasteiger partial charge < -0.3 is 5.32 Å². The van der Waals surface area contributed by atoms with Crippen LogP contribution in [0.4, 0.5) is 5.69 Å². The van der Waals surface area contributed by atoms with Gasteiger partial charge in [0, 0.05) is 10.2 Å². The predicted octanol–water partition coefficient (Wildman–Crippen LogP) is 2.13. The third-order valence-electron chi connectivity index (χ3n) is 3.17. The van der Waals surface area contributed by atoms with Crippen LogP contribution >= 0.6 is 15.9 Å². The molecule has 0 aliphatic carbocycles. The van der Waals surface area contributed by atoms with Crippen LogP contribution in [0, 0.1) is 25.2 Å². The number of hydrogen-bond acceptors (Lipinski definition) is 4. The van der Waals surface area contributed by atoms with E-state index in [1.54, 1.807) is 38.1 Å². The first-order chi connectivity index (χ1) is 10.4. The lowest BCUT2D eigenvalue weighted by Crippen LogP contribution is -2.32. The number of carbonyl (C=O) groups excluding carboxylic acids is 1. The van der Waals surface area contributed by atoms with Crippen LogP contribution in [-0.4, -0.2) is 15.7 Å². The molecule has 1 amide bonds. The van der Waals surface area contributed by atoms with Crippen LogP contribution in [0.2, 0.25) is 0 Å². The normalized spacial score (nSPS) is 10.1. The van der Waals surface area contributed by atoms with Crippen LogP contribution in [0.5, 0.6) is 0 Å². The molecule has 0 unspecified atom stereocenters. The summed E-state index contributed by atoms with van der Waals surface area (Å²) in [6.07, 6.45) is 0. The fourth-order valence-corrected chi connectivity index (χ4v) is 2.14. The van der Waals surface area contributed by atoms with Crippen molar-refractivity contribution in [2.45, 2.75) is 20.4 Å². The van der Waals surface area contributed by atoms with Gasteiger partial charge in [-0.15, -0.1) is 0 Å². The second-order valence-electron chi connectivity index (χ2n) is 4.72. The van der Waals surface area contributed by atoms with E-state index in [9.17, 15) is 9.59 Å². The zero-order valence-electron chi connectivity index (χ0n) is 12.1. The minimum absolute atomic E-state index is 0.0175. The molecule has 1 aromatic carbocycles. The Kier molecular flexibility index (Phi) is 4.73. The molecule has 0 fully saturated rings. The molecule has 7 heteroatoms. The molecule has 0 bridgehead atoms. The maximum atomic E-state index is 12.1. The Labute approximate surface area is 135 Å². The predicted molar refractivity (Wildman–Crippen MR) is 85.5 cm³/mol. The second kappa shape index (κ2) is 6.54. The summed E-state index contributed by atoms with van der Waals surface area (Å²) >= 11 is 3.31. The zero-order chi connectivity index (χ0) is 16.3. The van der Waals surface area contributed by atoms with Gasteiger partial charge >= 0.3 is 0 Å². The van der Waals surface area contributed by atoms with Gasteiger partial charge in [0.25, 0.3) is 5.56 Å². The van der Waals surface area contributed by atoms with Gasteiger partial charge in [0.15, 0.2) is 0 Å². The summed E-state index contributed by atoms with van der Waals surface area (Å²) in [5.41, 5.74) is 1.16. The van der Waals surface area contributed by atoms with Gasteiger partial charge in [-0.25, -0.2) is 4.68 Å². The average molecular weight is 361 g/mol. The third-order valence-corrected chi connectivity index (χ3v) is 3.70. The molecule has 0 saturated carbocycles. The lowest BCUT2D eigenvalue weighted by molar-refractivity contribution is -0.117. The molecular weight excluding hydrogens is 348 g/mol. The number of carbonyl (C=O) groups is 1. The highest BCUT2D eigenvalue weighted by Crippen LogP contribution is 2.14. The Hall–Kier alpha value is -2.46. The van der Waals surface area contributed by atoms with Gasteiger partial charge in [-0.2, -0.15) is 10.4 Å². The Morgan fingerprint density at radius 2 is 2.00 bits per heavy atom. The molecule has 0 saturated heterocycles. The van der Waals surface area contributed by atoms with Crippen molar-refractivity contribution in [2.75, 3.05) is 5.32 Å². The number of hydrogen-bond donors (Lipinski definition) is 1. The molecule has 6 nitrogen and oxygen atoms in total. The van der Waals surface area contributed by atoms with Crippen LogP contribution in [0.15, 0.2) is 33.5 Å². The molecule has 1 heterocycles. The topological polar surface area (TPSA) is 87.8 Å².